The predicted molar refractivity (Wildman–Crippen MR) is 80.0 cm³/mol. The van der Waals surface area contributed by atoms with Crippen LogP contribution in [0.2, 0.25) is 0 Å². The van der Waals surface area contributed by atoms with Gasteiger partial charge in [-0.3, -0.25) is 4.98 Å². The minimum atomic E-state index is -4.30. The van der Waals surface area contributed by atoms with Crippen LogP contribution in [0, 0.1) is 0 Å². The fraction of sp³-hybridized carbons (Fsp3) is 0.353. The van der Waals surface area contributed by atoms with Crippen molar-refractivity contribution in [3.05, 3.63) is 65.0 Å². The summed E-state index contributed by atoms with van der Waals surface area (Å²) >= 11 is 0. The second-order valence-corrected chi connectivity index (χ2v) is 5.53. The molecule has 1 atom stereocenters. The summed E-state index contributed by atoms with van der Waals surface area (Å²) in [5.74, 6) is 0. The smallest absolute Gasteiger partial charge is 0.369 e. The lowest BCUT2D eigenvalue weighted by Gasteiger charge is -2.23. The Balaban J connectivity index is 1.66. The zero-order valence-corrected chi connectivity index (χ0v) is 12.4. The average Bonchev–Trinajstić information content (AvgIpc) is 2.56. The first-order valence-electron chi connectivity index (χ1n) is 7.45. The van der Waals surface area contributed by atoms with E-state index in [4.69, 9.17) is 4.74 Å². The van der Waals surface area contributed by atoms with E-state index in [1.54, 1.807) is 6.20 Å². The van der Waals surface area contributed by atoms with Gasteiger partial charge in [0.2, 0.25) is 0 Å². The van der Waals surface area contributed by atoms with E-state index in [1.165, 1.54) is 12.1 Å². The van der Waals surface area contributed by atoms with Crippen LogP contribution in [0.5, 0.6) is 0 Å². The molecule has 1 aromatic heterocycles. The van der Waals surface area contributed by atoms with Gasteiger partial charge in [-0.25, -0.2) is 0 Å². The lowest BCUT2D eigenvalue weighted by Crippen LogP contribution is -2.33. The van der Waals surface area contributed by atoms with Crippen molar-refractivity contribution in [2.24, 2.45) is 0 Å². The van der Waals surface area contributed by atoms with Gasteiger partial charge in [-0.1, -0.05) is 18.2 Å². The molecule has 0 aliphatic carbocycles. The minimum absolute atomic E-state index is 0.0381. The summed E-state index contributed by atoms with van der Waals surface area (Å²) in [5, 5.41) is 3.25. The highest BCUT2D eigenvalue weighted by Crippen LogP contribution is 2.29. The number of morpholine rings is 1. The molecule has 0 radical (unpaired) electrons. The highest BCUT2D eigenvalue weighted by atomic mass is 19.4. The van der Waals surface area contributed by atoms with Crippen LogP contribution in [0.15, 0.2) is 42.6 Å². The number of pyridine rings is 1. The normalized spacial score (nSPS) is 18.8. The van der Waals surface area contributed by atoms with Crippen LogP contribution in [0.4, 0.5) is 13.2 Å². The van der Waals surface area contributed by atoms with Gasteiger partial charge in [0.15, 0.2) is 0 Å². The Morgan fingerprint density at radius 2 is 1.83 bits per heavy atom. The maximum atomic E-state index is 12.5. The molecule has 1 fully saturated rings. The summed E-state index contributed by atoms with van der Waals surface area (Å²) in [6.45, 7) is 2.26. The average molecular weight is 322 g/mol. The number of nitrogens with one attached hydrogen (secondary N) is 1. The topological polar surface area (TPSA) is 34.1 Å². The minimum Gasteiger partial charge on any atom is -0.369 e. The molecule has 0 bridgehead atoms. The van der Waals surface area contributed by atoms with Gasteiger partial charge in [0.1, 0.15) is 6.10 Å². The Kier molecular flexibility index (Phi) is 4.63. The molecular weight excluding hydrogens is 305 g/mol. The molecule has 1 N–H and O–H groups in total. The van der Waals surface area contributed by atoms with Crippen LogP contribution in [-0.2, 0) is 17.3 Å². The van der Waals surface area contributed by atoms with Gasteiger partial charge in [0, 0.05) is 19.3 Å². The maximum absolute atomic E-state index is 12.5. The first-order chi connectivity index (χ1) is 11.0. The van der Waals surface area contributed by atoms with Crippen molar-refractivity contribution in [1.29, 1.82) is 0 Å². The van der Waals surface area contributed by atoms with Gasteiger partial charge in [0.25, 0.3) is 0 Å². The van der Waals surface area contributed by atoms with Crippen molar-refractivity contribution in [2.45, 2.75) is 18.7 Å². The summed E-state index contributed by atoms with van der Waals surface area (Å²) in [7, 11) is 0. The van der Waals surface area contributed by atoms with Gasteiger partial charge >= 0.3 is 6.18 Å². The highest BCUT2D eigenvalue weighted by Gasteiger charge is 2.29. The monoisotopic (exact) mass is 322 g/mol. The lowest BCUT2D eigenvalue weighted by atomic mass is 10.0. The van der Waals surface area contributed by atoms with E-state index >= 15 is 0 Å². The van der Waals surface area contributed by atoms with Crippen molar-refractivity contribution < 1.29 is 17.9 Å². The largest absolute Gasteiger partial charge is 0.416 e. The van der Waals surface area contributed by atoms with Crippen molar-refractivity contribution in [2.75, 3.05) is 19.7 Å². The number of hydrogen-bond acceptors (Lipinski definition) is 3. The number of halogens is 3. The number of nitrogens with zero attached hydrogens (tertiary/aromatic N) is 1. The van der Waals surface area contributed by atoms with Crippen molar-refractivity contribution in [1.82, 2.24) is 10.3 Å². The predicted octanol–water partition coefficient (Wildman–Crippen LogP) is 3.35. The molecule has 1 aromatic carbocycles. The van der Waals surface area contributed by atoms with Gasteiger partial charge in [-0.15, -0.1) is 0 Å². The van der Waals surface area contributed by atoms with E-state index in [-0.39, 0.29) is 6.10 Å². The number of rotatable bonds is 3. The molecule has 122 valence electrons. The second-order valence-electron chi connectivity index (χ2n) is 5.53. The molecule has 3 rings (SSSR count). The van der Waals surface area contributed by atoms with E-state index in [0.29, 0.717) is 13.0 Å². The summed E-state index contributed by atoms with van der Waals surface area (Å²) in [6, 6.07) is 9.09. The van der Waals surface area contributed by atoms with Crippen molar-refractivity contribution in [3.63, 3.8) is 0 Å². The summed E-state index contributed by atoms with van der Waals surface area (Å²) in [5.41, 5.74) is 2.02. The fourth-order valence-corrected chi connectivity index (χ4v) is 2.53. The summed E-state index contributed by atoms with van der Waals surface area (Å²) in [4.78, 5) is 4.41. The Morgan fingerprint density at radius 3 is 2.39 bits per heavy atom. The molecule has 0 saturated carbocycles. The molecule has 1 saturated heterocycles. The fourth-order valence-electron chi connectivity index (χ4n) is 2.53. The molecular formula is C17H17F3N2O. The Labute approximate surface area is 132 Å². The third kappa shape index (κ3) is 4.09. The molecule has 23 heavy (non-hydrogen) atoms. The third-order valence-electron chi connectivity index (χ3n) is 3.79. The molecule has 1 aliphatic rings. The van der Waals surface area contributed by atoms with Crippen molar-refractivity contribution >= 4 is 0 Å². The highest BCUT2D eigenvalue weighted by molar-refractivity contribution is 5.29. The molecule has 3 nitrogen and oxygen atoms in total. The van der Waals surface area contributed by atoms with E-state index in [0.717, 1.165) is 42.0 Å². The van der Waals surface area contributed by atoms with Crippen LogP contribution in [0.25, 0.3) is 0 Å². The van der Waals surface area contributed by atoms with E-state index in [2.05, 4.69) is 10.3 Å². The van der Waals surface area contributed by atoms with E-state index in [9.17, 15) is 13.2 Å². The first kappa shape index (κ1) is 16.0. The molecule has 6 heteroatoms. The third-order valence-corrected chi connectivity index (χ3v) is 3.79. The zero-order valence-electron chi connectivity index (χ0n) is 12.4. The molecule has 0 spiro atoms. The number of alkyl halides is 3. The summed E-state index contributed by atoms with van der Waals surface area (Å²) < 4.78 is 43.3. The van der Waals surface area contributed by atoms with Crippen LogP contribution in [0.1, 0.15) is 28.5 Å². The van der Waals surface area contributed by atoms with Gasteiger partial charge < -0.3 is 10.1 Å². The van der Waals surface area contributed by atoms with Crippen LogP contribution >= 0.6 is 0 Å². The molecule has 2 aromatic rings. The number of ether oxygens (including phenoxy) is 1. The number of aromatic nitrogens is 1. The number of hydrogen-bond donors (Lipinski definition) is 1. The molecule has 2 heterocycles. The summed E-state index contributed by atoms with van der Waals surface area (Å²) in [6.07, 6.45) is -2.03. The maximum Gasteiger partial charge on any atom is 0.416 e. The standard InChI is InChI=1S/C17H17F3N2O/c18-17(19,20)14-4-1-12(2-5-14)9-13-3-6-15(22-10-13)16-11-21-7-8-23-16/h1-6,10,16,21H,7-9,11H2. The molecule has 1 unspecified atom stereocenters. The number of benzene rings is 1. The van der Waals surface area contributed by atoms with Gasteiger partial charge in [0.05, 0.1) is 17.9 Å². The van der Waals surface area contributed by atoms with Crippen LogP contribution in [-0.4, -0.2) is 24.7 Å². The van der Waals surface area contributed by atoms with Gasteiger partial charge in [-0.2, -0.15) is 13.2 Å². The molecule has 1 aliphatic heterocycles. The quantitative estimate of drug-likeness (QED) is 0.941. The first-order valence-corrected chi connectivity index (χ1v) is 7.45. The van der Waals surface area contributed by atoms with Crippen molar-refractivity contribution in [3.8, 4) is 0 Å². The van der Waals surface area contributed by atoms with E-state index < -0.39 is 11.7 Å². The van der Waals surface area contributed by atoms with Crippen LogP contribution in [0.3, 0.4) is 0 Å². The Bertz CT molecular complexity index is 632. The Morgan fingerprint density at radius 1 is 1.09 bits per heavy atom. The Hall–Kier alpha value is -1.92. The zero-order chi connectivity index (χ0) is 16.3. The lowest BCUT2D eigenvalue weighted by molar-refractivity contribution is -0.137. The molecule has 0 amide bonds. The van der Waals surface area contributed by atoms with E-state index in [1.807, 2.05) is 12.1 Å². The van der Waals surface area contributed by atoms with Crippen LogP contribution < -0.4 is 5.32 Å². The SMILES string of the molecule is FC(F)(F)c1ccc(Cc2ccc(C3CNCCO3)nc2)cc1. The second kappa shape index (κ2) is 6.68. The van der Waals surface area contributed by atoms with Gasteiger partial charge in [-0.05, 0) is 35.7 Å².